The maximum atomic E-state index is 4.61. The van der Waals surface area contributed by atoms with Gasteiger partial charge in [-0.05, 0) is 12.8 Å². The average Bonchev–Trinajstić information content (AvgIpc) is 2.77. The van der Waals surface area contributed by atoms with Gasteiger partial charge in [-0.3, -0.25) is 0 Å². The van der Waals surface area contributed by atoms with E-state index < -0.39 is 0 Å². The first-order valence-electron chi connectivity index (χ1n) is 7.61. The number of aryl methyl sites for hydroxylation is 1. The summed E-state index contributed by atoms with van der Waals surface area (Å²) in [5.41, 5.74) is 1.57. The standard InChI is InChI=1S/C16H30N2/c1-5-7-9-11-16(3,12-10-8-6-2)15-13-18(4)14-17-15/h13-14H,5-12H2,1-4H3. The third-order valence-electron chi connectivity index (χ3n) is 3.99. The van der Waals surface area contributed by atoms with Gasteiger partial charge in [-0.1, -0.05) is 59.3 Å². The Balaban J connectivity index is 2.66. The molecule has 0 saturated heterocycles. The molecule has 0 aliphatic heterocycles. The van der Waals surface area contributed by atoms with Crippen LogP contribution in [-0.2, 0) is 12.5 Å². The molecule has 104 valence electrons. The van der Waals surface area contributed by atoms with E-state index in [0.717, 1.165) is 0 Å². The molecule has 0 radical (unpaired) electrons. The lowest BCUT2D eigenvalue weighted by atomic mass is 9.77. The second-order valence-electron chi connectivity index (χ2n) is 5.90. The quantitative estimate of drug-likeness (QED) is 0.573. The molecule has 1 aromatic rings. The molecule has 0 amide bonds. The summed E-state index contributed by atoms with van der Waals surface area (Å²) in [5, 5.41) is 0. The second-order valence-corrected chi connectivity index (χ2v) is 5.90. The Morgan fingerprint density at radius 1 is 1.06 bits per heavy atom. The zero-order chi connectivity index (χ0) is 13.4. The van der Waals surface area contributed by atoms with E-state index >= 15 is 0 Å². The molecule has 2 nitrogen and oxygen atoms in total. The highest BCUT2D eigenvalue weighted by atomic mass is 15.0. The molecule has 0 bridgehead atoms. The fourth-order valence-corrected chi connectivity index (χ4v) is 2.64. The lowest BCUT2D eigenvalue weighted by Crippen LogP contribution is -2.22. The van der Waals surface area contributed by atoms with Crippen LogP contribution in [0.25, 0.3) is 0 Å². The summed E-state index contributed by atoms with van der Waals surface area (Å²) < 4.78 is 2.08. The van der Waals surface area contributed by atoms with E-state index in [1.807, 2.05) is 6.33 Å². The van der Waals surface area contributed by atoms with E-state index in [9.17, 15) is 0 Å². The molecule has 1 rings (SSSR count). The topological polar surface area (TPSA) is 17.8 Å². The van der Waals surface area contributed by atoms with Gasteiger partial charge in [0.2, 0.25) is 0 Å². The molecule has 1 heterocycles. The minimum atomic E-state index is 0.283. The van der Waals surface area contributed by atoms with Gasteiger partial charge in [-0.15, -0.1) is 0 Å². The molecular formula is C16H30N2. The number of nitrogens with zero attached hydrogens (tertiary/aromatic N) is 2. The molecule has 0 fully saturated rings. The molecule has 0 aliphatic rings. The summed E-state index contributed by atoms with van der Waals surface area (Å²) in [5.74, 6) is 0. The van der Waals surface area contributed by atoms with Crippen molar-refractivity contribution in [2.75, 3.05) is 0 Å². The van der Waals surface area contributed by atoms with Crippen molar-refractivity contribution < 1.29 is 0 Å². The van der Waals surface area contributed by atoms with Crippen LogP contribution in [0.15, 0.2) is 12.5 Å². The molecule has 0 aromatic carbocycles. The lowest BCUT2D eigenvalue weighted by Gasteiger charge is -2.28. The van der Waals surface area contributed by atoms with E-state index in [1.54, 1.807) is 0 Å². The second kappa shape index (κ2) is 7.60. The highest BCUT2D eigenvalue weighted by Crippen LogP contribution is 2.34. The van der Waals surface area contributed by atoms with Crippen LogP contribution in [0.3, 0.4) is 0 Å². The smallest absolute Gasteiger partial charge is 0.0947 e. The van der Waals surface area contributed by atoms with Gasteiger partial charge < -0.3 is 4.57 Å². The van der Waals surface area contributed by atoms with Gasteiger partial charge in [0, 0.05) is 18.7 Å². The first-order valence-corrected chi connectivity index (χ1v) is 7.61. The van der Waals surface area contributed by atoms with Gasteiger partial charge in [0.05, 0.1) is 12.0 Å². The van der Waals surface area contributed by atoms with Gasteiger partial charge in [0.1, 0.15) is 0 Å². The highest BCUT2D eigenvalue weighted by Gasteiger charge is 2.27. The summed E-state index contributed by atoms with van der Waals surface area (Å²) >= 11 is 0. The largest absolute Gasteiger partial charge is 0.340 e. The summed E-state index contributed by atoms with van der Waals surface area (Å²) in [6.07, 6.45) is 14.6. The predicted molar refractivity (Wildman–Crippen MR) is 78.8 cm³/mol. The van der Waals surface area contributed by atoms with Crippen molar-refractivity contribution in [3.63, 3.8) is 0 Å². The zero-order valence-electron chi connectivity index (χ0n) is 12.7. The normalized spacial score (nSPS) is 12.0. The van der Waals surface area contributed by atoms with Crippen molar-refractivity contribution in [3.05, 3.63) is 18.2 Å². The van der Waals surface area contributed by atoms with E-state index in [4.69, 9.17) is 0 Å². The Labute approximate surface area is 113 Å². The Morgan fingerprint density at radius 2 is 1.61 bits per heavy atom. The summed E-state index contributed by atoms with van der Waals surface area (Å²) in [6.45, 7) is 6.95. The monoisotopic (exact) mass is 250 g/mol. The van der Waals surface area contributed by atoms with E-state index in [1.165, 1.54) is 57.1 Å². The number of rotatable bonds is 9. The average molecular weight is 250 g/mol. The maximum absolute atomic E-state index is 4.61. The van der Waals surface area contributed by atoms with Crippen LogP contribution < -0.4 is 0 Å². The van der Waals surface area contributed by atoms with Crippen LogP contribution in [0, 0.1) is 0 Å². The SMILES string of the molecule is CCCCCC(C)(CCCCC)c1cn(C)cn1. The van der Waals surface area contributed by atoms with Crippen LogP contribution in [-0.4, -0.2) is 9.55 Å². The first-order chi connectivity index (χ1) is 8.62. The molecule has 18 heavy (non-hydrogen) atoms. The molecular weight excluding hydrogens is 220 g/mol. The number of hydrogen-bond donors (Lipinski definition) is 0. The summed E-state index contributed by atoms with van der Waals surface area (Å²) in [4.78, 5) is 4.61. The Bertz CT molecular complexity index is 318. The van der Waals surface area contributed by atoms with Crippen molar-refractivity contribution in [1.29, 1.82) is 0 Å². The van der Waals surface area contributed by atoms with Crippen LogP contribution in [0.2, 0.25) is 0 Å². The van der Waals surface area contributed by atoms with E-state index in [2.05, 4.69) is 43.6 Å². The molecule has 0 saturated carbocycles. The molecule has 1 aromatic heterocycles. The molecule has 0 atom stereocenters. The number of imidazole rings is 1. The van der Waals surface area contributed by atoms with Crippen molar-refractivity contribution >= 4 is 0 Å². The Morgan fingerprint density at radius 3 is 2.00 bits per heavy atom. The van der Waals surface area contributed by atoms with Gasteiger partial charge in [-0.2, -0.15) is 0 Å². The molecule has 0 aliphatic carbocycles. The van der Waals surface area contributed by atoms with Crippen LogP contribution in [0.1, 0.15) is 77.8 Å². The minimum Gasteiger partial charge on any atom is -0.340 e. The third-order valence-corrected chi connectivity index (χ3v) is 3.99. The van der Waals surface area contributed by atoms with Crippen LogP contribution in [0.4, 0.5) is 0 Å². The Hall–Kier alpha value is -0.790. The lowest BCUT2D eigenvalue weighted by molar-refractivity contribution is 0.359. The van der Waals surface area contributed by atoms with Crippen molar-refractivity contribution in [3.8, 4) is 0 Å². The molecule has 0 spiro atoms. The molecule has 0 unspecified atom stereocenters. The fraction of sp³-hybridized carbons (Fsp3) is 0.812. The number of hydrogen-bond acceptors (Lipinski definition) is 1. The third kappa shape index (κ3) is 4.47. The van der Waals surface area contributed by atoms with Crippen LogP contribution >= 0.6 is 0 Å². The highest BCUT2D eigenvalue weighted by molar-refractivity contribution is 5.12. The molecule has 0 N–H and O–H groups in total. The summed E-state index contributed by atoms with van der Waals surface area (Å²) in [7, 11) is 2.06. The van der Waals surface area contributed by atoms with Gasteiger partial charge in [0.25, 0.3) is 0 Å². The van der Waals surface area contributed by atoms with E-state index in [-0.39, 0.29) is 5.41 Å². The van der Waals surface area contributed by atoms with Crippen LogP contribution in [0.5, 0.6) is 0 Å². The molecule has 2 heteroatoms. The maximum Gasteiger partial charge on any atom is 0.0947 e. The number of unbranched alkanes of at least 4 members (excludes halogenated alkanes) is 4. The predicted octanol–water partition coefficient (Wildman–Crippen LogP) is 4.84. The Kier molecular flexibility index (Phi) is 6.45. The minimum absolute atomic E-state index is 0.283. The zero-order valence-corrected chi connectivity index (χ0v) is 12.7. The van der Waals surface area contributed by atoms with E-state index in [0.29, 0.717) is 0 Å². The van der Waals surface area contributed by atoms with Crippen molar-refractivity contribution in [1.82, 2.24) is 9.55 Å². The van der Waals surface area contributed by atoms with Crippen molar-refractivity contribution in [2.24, 2.45) is 7.05 Å². The van der Waals surface area contributed by atoms with Gasteiger partial charge in [-0.25, -0.2) is 4.98 Å². The fourth-order valence-electron chi connectivity index (χ4n) is 2.64. The first kappa shape index (κ1) is 15.3. The van der Waals surface area contributed by atoms with Gasteiger partial charge >= 0.3 is 0 Å². The van der Waals surface area contributed by atoms with Crippen molar-refractivity contribution in [2.45, 2.75) is 77.6 Å². The summed E-state index contributed by atoms with van der Waals surface area (Å²) in [6, 6.07) is 0. The number of aromatic nitrogens is 2. The van der Waals surface area contributed by atoms with Gasteiger partial charge in [0.15, 0.2) is 0 Å².